The molecular formula is C9H11N3O4. The zero-order chi connectivity index (χ0) is 11.9. The van der Waals surface area contributed by atoms with Gasteiger partial charge in [0.05, 0.1) is 16.9 Å². The van der Waals surface area contributed by atoms with E-state index in [9.17, 15) is 14.9 Å². The van der Waals surface area contributed by atoms with Crippen LogP contribution in [0.25, 0.3) is 0 Å². The van der Waals surface area contributed by atoms with Gasteiger partial charge in [-0.3, -0.25) is 19.6 Å². The van der Waals surface area contributed by atoms with Crippen molar-refractivity contribution in [3.63, 3.8) is 0 Å². The molecule has 1 fully saturated rings. The topological polar surface area (TPSA) is 98.3 Å². The number of rotatable bonds is 3. The summed E-state index contributed by atoms with van der Waals surface area (Å²) in [6, 6.07) is -0.0199. The second-order valence-electron chi connectivity index (χ2n) is 4.00. The van der Waals surface area contributed by atoms with E-state index in [1.807, 2.05) is 0 Å². The number of aromatic nitrogens is 2. The largest absolute Gasteiger partial charge is 0.481 e. The number of carbonyl (C=O) groups is 1. The first-order chi connectivity index (χ1) is 7.49. The van der Waals surface area contributed by atoms with Crippen LogP contribution in [-0.2, 0) is 4.79 Å². The van der Waals surface area contributed by atoms with E-state index in [0.717, 1.165) is 0 Å². The molecule has 0 spiro atoms. The molecule has 1 aromatic rings. The Bertz CT molecular complexity index is 448. The van der Waals surface area contributed by atoms with Crippen molar-refractivity contribution in [2.45, 2.75) is 25.8 Å². The number of aliphatic carboxylic acids is 1. The Balaban J connectivity index is 2.10. The fourth-order valence-corrected chi connectivity index (χ4v) is 1.84. The molecule has 7 nitrogen and oxygen atoms in total. The van der Waals surface area contributed by atoms with Gasteiger partial charge in [0.25, 0.3) is 0 Å². The zero-order valence-corrected chi connectivity index (χ0v) is 8.66. The lowest BCUT2D eigenvalue weighted by Crippen LogP contribution is -2.32. The van der Waals surface area contributed by atoms with Crippen molar-refractivity contribution in [2.75, 3.05) is 0 Å². The Morgan fingerprint density at radius 2 is 2.31 bits per heavy atom. The van der Waals surface area contributed by atoms with Gasteiger partial charge < -0.3 is 5.11 Å². The van der Waals surface area contributed by atoms with Crippen LogP contribution in [0.2, 0.25) is 0 Å². The van der Waals surface area contributed by atoms with Gasteiger partial charge in [-0.05, 0) is 19.8 Å². The molecule has 1 aliphatic rings. The highest BCUT2D eigenvalue weighted by molar-refractivity contribution is 5.71. The summed E-state index contributed by atoms with van der Waals surface area (Å²) >= 11 is 0. The number of carboxylic acids is 1. The normalized spacial score (nSPS) is 23.8. The van der Waals surface area contributed by atoms with Gasteiger partial charge in [0.2, 0.25) is 0 Å². The van der Waals surface area contributed by atoms with E-state index < -0.39 is 10.9 Å². The summed E-state index contributed by atoms with van der Waals surface area (Å²) in [5.41, 5.74) is 0.350. The van der Waals surface area contributed by atoms with Gasteiger partial charge in [0.1, 0.15) is 11.9 Å². The number of nitrogens with zero attached hydrogens (tertiary/aromatic N) is 3. The molecule has 2 rings (SSSR count). The van der Waals surface area contributed by atoms with Gasteiger partial charge in [-0.15, -0.1) is 0 Å². The van der Waals surface area contributed by atoms with Crippen molar-refractivity contribution < 1.29 is 14.8 Å². The maximum Gasteiger partial charge on any atom is 0.309 e. The standard InChI is InChI=1S/C9H11N3O4/c1-5-8(12(15)16)4-11(10-5)7-2-6(3-7)9(13)14/h4,6-7H,2-3H2,1H3,(H,13,14). The van der Waals surface area contributed by atoms with Gasteiger partial charge in [0.15, 0.2) is 0 Å². The molecule has 1 aliphatic carbocycles. The van der Waals surface area contributed by atoms with E-state index in [4.69, 9.17) is 5.11 Å². The Hall–Kier alpha value is -1.92. The highest BCUT2D eigenvalue weighted by atomic mass is 16.6. The second-order valence-corrected chi connectivity index (χ2v) is 4.00. The second kappa shape index (κ2) is 3.58. The van der Waals surface area contributed by atoms with Crippen LogP contribution in [-0.4, -0.2) is 25.8 Å². The fraction of sp³-hybridized carbons (Fsp3) is 0.556. The Morgan fingerprint density at radius 3 is 2.75 bits per heavy atom. The van der Waals surface area contributed by atoms with Crippen LogP contribution in [0.5, 0.6) is 0 Å². The van der Waals surface area contributed by atoms with E-state index in [2.05, 4.69) is 5.10 Å². The first-order valence-corrected chi connectivity index (χ1v) is 4.92. The summed E-state index contributed by atoms with van der Waals surface area (Å²) in [6.07, 6.45) is 2.36. The number of hydrogen-bond donors (Lipinski definition) is 1. The van der Waals surface area contributed by atoms with Crippen molar-refractivity contribution in [3.8, 4) is 0 Å². The first kappa shape index (κ1) is 10.6. The minimum Gasteiger partial charge on any atom is -0.481 e. The molecule has 0 radical (unpaired) electrons. The molecule has 0 amide bonds. The average molecular weight is 225 g/mol. The highest BCUT2D eigenvalue weighted by Crippen LogP contribution is 2.38. The molecule has 86 valence electrons. The molecule has 1 aromatic heterocycles. The Morgan fingerprint density at radius 1 is 1.69 bits per heavy atom. The van der Waals surface area contributed by atoms with Crippen LogP contribution in [0, 0.1) is 23.0 Å². The maximum absolute atomic E-state index is 10.6. The van der Waals surface area contributed by atoms with Gasteiger partial charge >= 0.3 is 11.7 Å². The highest BCUT2D eigenvalue weighted by Gasteiger charge is 2.37. The number of nitro groups is 1. The number of carboxylic acid groups (broad SMARTS) is 1. The van der Waals surface area contributed by atoms with Crippen LogP contribution in [0.4, 0.5) is 5.69 Å². The fourth-order valence-electron chi connectivity index (χ4n) is 1.84. The predicted octanol–water partition coefficient (Wildman–Crippen LogP) is 1.14. The summed E-state index contributed by atoms with van der Waals surface area (Å²) in [7, 11) is 0. The molecule has 16 heavy (non-hydrogen) atoms. The number of hydrogen-bond acceptors (Lipinski definition) is 4. The molecule has 0 aromatic carbocycles. The summed E-state index contributed by atoms with van der Waals surface area (Å²) in [5.74, 6) is -1.15. The lowest BCUT2D eigenvalue weighted by molar-refractivity contribution is -0.385. The van der Waals surface area contributed by atoms with E-state index >= 15 is 0 Å². The smallest absolute Gasteiger partial charge is 0.309 e. The van der Waals surface area contributed by atoms with E-state index in [1.54, 1.807) is 6.92 Å². The van der Waals surface area contributed by atoms with E-state index in [1.165, 1.54) is 10.9 Å². The molecule has 0 unspecified atom stereocenters. The van der Waals surface area contributed by atoms with Crippen molar-refractivity contribution in [1.82, 2.24) is 9.78 Å². The molecule has 1 heterocycles. The summed E-state index contributed by atoms with van der Waals surface area (Å²) < 4.78 is 1.51. The minimum absolute atomic E-state index is 0.0150. The summed E-state index contributed by atoms with van der Waals surface area (Å²) in [5, 5.41) is 23.3. The minimum atomic E-state index is -0.811. The van der Waals surface area contributed by atoms with Gasteiger partial charge in [-0.25, -0.2) is 0 Å². The van der Waals surface area contributed by atoms with Crippen molar-refractivity contribution in [3.05, 3.63) is 22.0 Å². The molecular weight excluding hydrogens is 214 g/mol. The molecule has 1 N–H and O–H groups in total. The number of aryl methyl sites for hydroxylation is 1. The van der Waals surface area contributed by atoms with Gasteiger partial charge in [-0.2, -0.15) is 5.10 Å². The van der Waals surface area contributed by atoms with Crippen molar-refractivity contribution >= 4 is 11.7 Å². The predicted molar refractivity (Wildman–Crippen MR) is 53.0 cm³/mol. The lowest BCUT2D eigenvalue weighted by atomic mass is 9.80. The Kier molecular flexibility index (Phi) is 2.37. The van der Waals surface area contributed by atoms with E-state index in [0.29, 0.717) is 18.5 Å². The Labute approximate surface area is 90.8 Å². The molecule has 0 saturated heterocycles. The average Bonchev–Trinajstić information content (AvgIpc) is 2.43. The summed E-state index contributed by atoms with van der Waals surface area (Å²) in [4.78, 5) is 20.7. The zero-order valence-electron chi connectivity index (χ0n) is 8.66. The SMILES string of the molecule is Cc1nn(C2CC(C(=O)O)C2)cc1[N+](=O)[O-]. The third kappa shape index (κ3) is 1.64. The molecule has 0 bridgehead atoms. The van der Waals surface area contributed by atoms with Crippen LogP contribution < -0.4 is 0 Å². The van der Waals surface area contributed by atoms with Crippen LogP contribution in [0.15, 0.2) is 6.20 Å². The third-order valence-corrected chi connectivity index (χ3v) is 2.92. The molecule has 7 heteroatoms. The van der Waals surface area contributed by atoms with Crippen molar-refractivity contribution in [2.24, 2.45) is 5.92 Å². The quantitative estimate of drug-likeness (QED) is 0.614. The van der Waals surface area contributed by atoms with Crippen LogP contribution in [0.1, 0.15) is 24.6 Å². The van der Waals surface area contributed by atoms with Crippen molar-refractivity contribution in [1.29, 1.82) is 0 Å². The van der Waals surface area contributed by atoms with Gasteiger partial charge in [-0.1, -0.05) is 0 Å². The molecule has 0 atom stereocenters. The third-order valence-electron chi connectivity index (χ3n) is 2.92. The lowest BCUT2D eigenvalue weighted by Gasteiger charge is -2.32. The summed E-state index contributed by atoms with van der Waals surface area (Å²) in [6.45, 7) is 1.57. The molecule has 1 saturated carbocycles. The first-order valence-electron chi connectivity index (χ1n) is 4.92. The van der Waals surface area contributed by atoms with E-state index in [-0.39, 0.29) is 17.6 Å². The van der Waals surface area contributed by atoms with Crippen LogP contribution in [0.3, 0.4) is 0 Å². The monoisotopic (exact) mass is 225 g/mol. The maximum atomic E-state index is 10.6. The molecule has 0 aliphatic heterocycles. The van der Waals surface area contributed by atoms with Gasteiger partial charge in [0, 0.05) is 0 Å². The van der Waals surface area contributed by atoms with Crippen LogP contribution >= 0.6 is 0 Å².